The first-order chi connectivity index (χ1) is 19.4. The molecule has 0 aliphatic rings. The third-order valence-corrected chi connectivity index (χ3v) is 6.32. The lowest BCUT2D eigenvalue weighted by molar-refractivity contribution is -0.139. The van der Waals surface area contributed by atoms with E-state index in [2.05, 4.69) is 20.4 Å². The number of anilines is 2. The van der Waals surface area contributed by atoms with Crippen molar-refractivity contribution in [3.63, 3.8) is 0 Å². The Hall–Kier alpha value is -5.07. The fourth-order valence-electron chi connectivity index (χ4n) is 4.36. The largest absolute Gasteiger partial charge is 0.406 e. The predicted molar refractivity (Wildman–Crippen MR) is 146 cm³/mol. The highest BCUT2D eigenvalue weighted by Gasteiger charge is 2.30. The minimum absolute atomic E-state index is 0.0249. The first-order valence-electron chi connectivity index (χ1n) is 12.4. The number of nitrogens with two attached hydrogens (primary N) is 1. The SMILES string of the molecule is CC(C)n1cc(-c2ccc(F)cc2)c(=O)c(C(=O)Nc2ccc(-c3cn(CC(F)(F)F)c4ncnc(N)c34)cc2)n1. The lowest BCUT2D eigenvalue weighted by Crippen LogP contribution is -2.28. The van der Waals surface area contributed by atoms with Gasteiger partial charge in [-0.05, 0) is 49.2 Å². The zero-order valence-corrected chi connectivity index (χ0v) is 21.8. The smallest absolute Gasteiger partial charge is 0.383 e. The summed E-state index contributed by atoms with van der Waals surface area (Å²) in [7, 11) is 0. The number of amides is 1. The Kier molecular flexibility index (Phi) is 7.03. The molecule has 0 bridgehead atoms. The van der Waals surface area contributed by atoms with Crippen LogP contribution in [0, 0.1) is 5.82 Å². The molecule has 41 heavy (non-hydrogen) atoms. The fraction of sp³-hybridized carbons (Fsp3) is 0.179. The Balaban J connectivity index is 1.47. The van der Waals surface area contributed by atoms with E-state index in [-0.39, 0.29) is 34.2 Å². The summed E-state index contributed by atoms with van der Waals surface area (Å²) in [4.78, 5) is 34.3. The summed E-state index contributed by atoms with van der Waals surface area (Å²) in [5.74, 6) is -1.20. The highest BCUT2D eigenvalue weighted by atomic mass is 19.4. The molecule has 9 nitrogen and oxygen atoms in total. The van der Waals surface area contributed by atoms with Crippen LogP contribution in [-0.2, 0) is 6.54 Å². The van der Waals surface area contributed by atoms with Crippen LogP contribution in [0.3, 0.4) is 0 Å². The van der Waals surface area contributed by atoms with Gasteiger partial charge in [-0.2, -0.15) is 18.3 Å². The number of benzene rings is 2. The molecule has 0 aliphatic carbocycles. The van der Waals surface area contributed by atoms with Crippen molar-refractivity contribution < 1.29 is 22.4 Å². The number of hydrogen-bond donors (Lipinski definition) is 2. The van der Waals surface area contributed by atoms with Crippen LogP contribution in [0.15, 0.2) is 72.0 Å². The van der Waals surface area contributed by atoms with Gasteiger partial charge in [-0.15, -0.1) is 0 Å². The van der Waals surface area contributed by atoms with Gasteiger partial charge in [0.1, 0.15) is 30.2 Å². The van der Waals surface area contributed by atoms with Crippen molar-refractivity contribution in [2.24, 2.45) is 0 Å². The molecular weight excluding hydrogens is 542 g/mol. The summed E-state index contributed by atoms with van der Waals surface area (Å²) >= 11 is 0. The molecule has 0 aliphatic heterocycles. The number of aromatic nitrogens is 5. The second-order valence-corrected chi connectivity index (χ2v) is 9.58. The van der Waals surface area contributed by atoms with E-state index in [4.69, 9.17) is 5.73 Å². The van der Waals surface area contributed by atoms with Gasteiger partial charge in [-0.3, -0.25) is 14.3 Å². The summed E-state index contributed by atoms with van der Waals surface area (Å²) in [6.45, 7) is 2.40. The number of nitrogen functional groups attached to an aromatic ring is 1. The summed E-state index contributed by atoms with van der Waals surface area (Å²) < 4.78 is 55.3. The standard InChI is InChI=1S/C28H23F4N7O2/c1-15(2)39-12-21(17-3-7-18(29)8-4-17)24(40)23(37-39)27(41)36-19-9-5-16(6-10-19)20-11-38(13-28(30,31)32)26-22(20)25(33)34-14-35-26/h3-12,14-15H,13H2,1-2H3,(H,36,41)(H2,33,34,35). The molecule has 0 atom stereocenters. The monoisotopic (exact) mass is 565 g/mol. The van der Waals surface area contributed by atoms with Crippen LogP contribution >= 0.6 is 0 Å². The maximum Gasteiger partial charge on any atom is 0.406 e. The summed E-state index contributed by atoms with van der Waals surface area (Å²) in [5.41, 5.74) is 6.85. The summed E-state index contributed by atoms with van der Waals surface area (Å²) in [5, 5.41) is 7.11. The molecule has 5 aromatic rings. The number of carbonyl (C=O) groups is 1. The Morgan fingerprint density at radius 1 is 0.976 bits per heavy atom. The molecule has 0 spiro atoms. The van der Waals surface area contributed by atoms with Crippen LogP contribution in [0.5, 0.6) is 0 Å². The molecule has 210 valence electrons. The van der Waals surface area contributed by atoms with Crippen LogP contribution in [0.4, 0.5) is 29.1 Å². The number of carbonyl (C=O) groups excluding carboxylic acids is 1. The quantitative estimate of drug-likeness (QED) is 0.265. The molecule has 1 amide bonds. The summed E-state index contributed by atoms with van der Waals surface area (Å²) in [6, 6.07) is 11.4. The average Bonchev–Trinajstić information content (AvgIpc) is 3.27. The van der Waals surface area contributed by atoms with E-state index in [0.29, 0.717) is 22.4 Å². The van der Waals surface area contributed by atoms with E-state index in [9.17, 15) is 27.2 Å². The predicted octanol–water partition coefficient (Wildman–Crippen LogP) is 5.44. The topological polar surface area (TPSA) is 121 Å². The molecular formula is C28H23F4N7O2. The van der Waals surface area contributed by atoms with E-state index in [1.165, 1.54) is 53.5 Å². The Morgan fingerprint density at radius 2 is 1.61 bits per heavy atom. The maximum absolute atomic E-state index is 13.4. The highest BCUT2D eigenvalue weighted by Crippen LogP contribution is 2.34. The van der Waals surface area contributed by atoms with Gasteiger partial charge in [0, 0.05) is 35.2 Å². The first kappa shape index (κ1) is 27.5. The van der Waals surface area contributed by atoms with Crippen molar-refractivity contribution in [3.8, 4) is 22.3 Å². The number of hydrogen-bond acceptors (Lipinski definition) is 6. The maximum atomic E-state index is 13.4. The fourth-order valence-corrected chi connectivity index (χ4v) is 4.36. The van der Waals surface area contributed by atoms with Gasteiger partial charge >= 0.3 is 6.18 Å². The van der Waals surface area contributed by atoms with Crippen LogP contribution in [0.25, 0.3) is 33.3 Å². The minimum atomic E-state index is -4.48. The first-order valence-corrected chi connectivity index (χ1v) is 12.4. The molecule has 2 aromatic carbocycles. The van der Waals surface area contributed by atoms with Crippen molar-refractivity contribution in [2.45, 2.75) is 32.6 Å². The van der Waals surface area contributed by atoms with Gasteiger partial charge in [0.25, 0.3) is 5.91 Å². The normalized spacial score (nSPS) is 11.8. The summed E-state index contributed by atoms with van der Waals surface area (Å²) in [6.07, 6.45) is -0.570. The van der Waals surface area contributed by atoms with Gasteiger partial charge < -0.3 is 15.6 Å². The van der Waals surface area contributed by atoms with Crippen molar-refractivity contribution >= 4 is 28.4 Å². The van der Waals surface area contributed by atoms with Crippen molar-refractivity contribution in [1.29, 1.82) is 0 Å². The highest BCUT2D eigenvalue weighted by molar-refractivity contribution is 6.04. The Labute approximate surface area is 230 Å². The minimum Gasteiger partial charge on any atom is -0.383 e. The zero-order valence-electron chi connectivity index (χ0n) is 21.8. The van der Waals surface area contributed by atoms with Crippen LogP contribution < -0.4 is 16.5 Å². The van der Waals surface area contributed by atoms with Gasteiger partial charge in [-0.25, -0.2) is 14.4 Å². The molecule has 0 saturated carbocycles. The molecule has 0 radical (unpaired) electrons. The molecule has 0 fully saturated rings. The molecule has 0 saturated heterocycles. The van der Waals surface area contributed by atoms with Crippen molar-refractivity contribution in [1.82, 2.24) is 24.3 Å². The van der Waals surface area contributed by atoms with E-state index in [1.54, 1.807) is 12.1 Å². The van der Waals surface area contributed by atoms with E-state index >= 15 is 0 Å². The second-order valence-electron chi connectivity index (χ2n) is 9.58. The van der Waals surface area contributed by atoms with Gasteiger partial charge in [0.05, 0.1) is 5.39 Å². The second kappa shape index (κ2) is 10.5. The van der Waals surface area contributed by atoms with Gasteiger partial charge in [-0.1, -0.05) is 24.3 Å². The van der Waals surface area contributed by atoms with E-state index in [0.717, 1.165) is 10.9 Å². The number of nitrogens with one attached hydrogen (secondary N) is 1. The van der Waals surface area contributed by atoms with Crippen LogP contribution in [-0.4, -0.2) is 36.4 Å². The number of halogens is 4. The third kappa shape index (κ3) is 5.64. The molecule has 3 N–H and O–H groups in total. The zero-order chi connectivity index (χ0) is 29.5. The number of fused-ring (bicyclic) bond motifs is 1. The van der Waals surface area contributed by atoms with E-state index < -0.39 is 29.9 Å². The number of nitrogens with zero attached hydrogens (tertiary/aromatic N) is 5. The number of rotatable bonds is 6. The van der Waals surface area contributed by atoms with Gasteiger partial charge in [0.15, 0.2) is 5.69 Å². The lowest BCUT2D eigenvalue weighted by Gasteiger charge is -2.14. The van der Waals surface area contributed by atoms with Crippen molar-refractivity contribution in [2.75, 3.05) is 11.1 Å². The molecule has 5 rings (SSSR count). The van der Waals surface area contributed by atoms with Crippen molar-refractivity contribution in [3.05, 3.63) is 89.0 Å². The number of alkyl halides is 3. The molecule has 0 unspecified atom stereocenters. The Bertz CT molecular complexity index is 1810. The third-order valence-electron chi connectivity index (χ3n) is 6.32. The average molecular weight is 566 g/mol. The van der Waals surface area contributed by atoms with E-state index in [1.807, 2.05) is 13.8 Å². The molecule has 3 aromatic heterocycles. The molecule has 3 heterocycles. The lowest BCUT2D eigenvalue weighted by atomic mass is 10.1. The Morgan fingerprint density at radius 3 is 2.24 bits per heavy atom. The van der Waals surface area contributed by atoms with Gasteiger partial charge in [0.2, 0.25) is 5.43 Å². The van der Waals surface area contributed by atoms with Crippen LogP contribution in [0.1, 0.15) is 30.4 Å². The van der Waals surface area contributed by atoms with Crippen LogP contribution in [0.2, 0.25) is 0 Å². The molecule has 13 heteroatoms.